The molecule has 0 radical (unpaired) electrons. The molecular formula is C17H21N3S. The van der Waals surface area contributed by atoms with Crippen LogP contribution < -0.4 is 5.32 Å². The maximum absolute atomic E-state index is 4.27. The van der Waals surface area contributed by atoms with Crippen molar-refractivity contribution in [2.75, 3.05) is 25.9 Å². The quantitative estimate of drug-likeness (QED) is 0.879. The zero-order valence-corrected chi connectivity index (χ0v) is 13.1. The summed E-state index contributed by atoms with van der Waals surface area (Å²) in [6.45, 7) is 4.12. The monoisotopic (exact) mass is 299 g/mol. The Balaban J connectivity index is 1.75. The number of nitrogens with one attached hydrogen (secondary N) is 1. The van der Waals surface area contributed by atoms with Crippen LogP contribution in [0.1, 0.15) is 17.2 Å². The molecule has 3 nitrogen and oxygen atoms in total. The van der Waals surface area contributed by atoms with Crippen LogP contribution in [0, 0.1) is 0 Å². The summed E-state index contributed by atoms with van der Waals surface area (Å²) in [7, 11) is 0. The summed E-state index contributed by atoms with van der Waals surface area (Å²) in [5.41, 5.74) is 2.68. The van der Waals surface area contributed by atoms with Gasteiger partial charge in [0.1, 0.15) is 0 Å². The standard InChI is InChI=1S/C17H21N3S/c1-21-16-6-4-14(5-7-16)13-20-10-9-19-12-17(20)15-3-2-8-18-11-15/h2-8,11,17,19H,9-10,12-13H2,1H3. The molecule has 1 saturated heterocycles. The Kier molecular flexibility index (Phi) is 4.91. The first-order valence-corrected chi connectivity index (χ1v) is 8.57. The molecule has 0 spiro atoms. The summed E-state index contributed by atoms with van der Waals surface area (Å²) in [4.78, 5) is 8.13. The van der Waals surface area contributed by atoms with Gasteiger partial charge in [-0.1, -0.05) is 18.2 Å². The highest BCUT2D eigenvalue weighted by molar-refractivity contribution is 7.98. The molecule has 4 heteroatoms. The highest BCUT2D eigenvalue weighted by Gasteiger charge is 2.23. The first-order chi connectivity index (χ1) is 10.4. The van der Waals surface area contributed by atoms with Gasteiger partial charge >= 0.3 is 0 Å². The molecule has 1 atom stereocenters. The van der Waals surface area contributed by atoms with Crippen LogP contribution in [0.4, 0.5) is 0 Å². The van der Waals surface area contributed by atoms with Crippen molar-refractivity contribution >= 4 is 11.8 Å². The largest absolute Gasteiger partial charge is 0.314 e. The van der Waals surface area contributed by atoms with Gasteiger partial charge in [0, 0.05) is 49.5 Å². The highest BCUT2D eigenvalue weighted by atomic mass is 32.2. The Morgan fingerprint density at radius 1 is 1.29 bits per heavy atom. The van der Waals surface area contributed by atoms with Gasteiger partial charge in [0.2, 0.25) is 0 Å². The molecule has 21 heavy (non-hydrogen) atoms. The molecule has 110 valence electrons. The second kappa shape index (κ2) is 7.07. The van der Waals surface area contributed by atoms with Gasteiger partial charge in [0.15, 0.2) is 0 Å². The summed E-state index contributed by atoms with van der Waals surface area (Å²) in [6, 6.07) is 13.5. The molecule has 0 amide bonds. The van der Waals surface area contributed by atoms with E-state index in [9.17, 15) is 0 Å². The number of nitrogens with zero attached hydrogens (tertiary/aromatic N) is 2. The summed E-state index contributed by atoms with van der Waals surface area (Å²) in [6.07, 6.45) is 5.94. The number of rotatable bonds is 4. The van der Waals surface area contributed by atoms with Gasteiger partial charge in [-0.2, -0.15) is 0 Å². The van der Waals surface area contributed by atoms with Crippen LogP contribution in [-0.2, 0) is 6.54 Å². The van der Waals surface area contributed by atoms with Crippen molar-refractivity contribution < 1.29 is 0 Å². The summed E-state index contributed by atoms with van der Waals surface area (Å²) in [5.74, 6) is 0. The van der Waals surface area contributed by atoms with E-state index in [1.165, 1.54) is 16.0 Å². The van der Waals surface area contributed by atoms with Crippen LogP contribution in [0.2, 0.25) is 0 Å². The average molecular weight is 299 g/mol. The van der Waals surface area contributed by atoms with E-state index in [0.29, 0.717) is 6.04 Å². The lowest BCUT2D eigenvalue weighted by atomic mass is 10.0. The molecule has 1 unspecified atom stereocenters. The molecule has 1 aromatic carbocycles. The summed E-state index contributed by atoms with van der Waals surface area (Å²) >= 11 is 1.79. The van der Waals surface area contributed by atoms with E-state index in [4.69, 9.17) is 0 Å². The van der Waals surface area contributed by atoms with E-state index in [1.807, 2.05) is 18.5 Å². The minimum Gasteiger partial charge on any atom is -0.314 e. The lowest BCUT2D eigenvalue weighted by Crippen LogP contribution is -2.45. The van der Waals surface area contributed by atoms with E-state index < -0.39 is 0 Å². The molecule has 0 bridgehead atoms. The third-order valence-corrected chi connectivity index (χ3v) is 4.71. The van der Waals surface area contributed by atoms with Crippen LogP contribution in [0.25, 0.3) is 0 Å². The molecule has 1 N–H and O–H groups in total. The fourth-order valence-corrected chi connectivity index (χ4v) is 3.21. The van der Waals surface area contributed by atoms with Crippen molar-refractivity contribution in [3.63, 3.8) is 0 Å². The number of hydrogen-bond acceptors (Lipinski definition) is 4. The number of thioether (sulfide) groups is 1. The summed E-state index contributed by atoms with van der Waals surface area (Å²) < 4.78 is 0. The van der Waals surface area contributed by atoms with E-state index in [-0.39, 0.29) is 0 Å². The minimum absolute atomic E-state index is 0.410. The Morgan fingerprint density at radius 2 is 2.14 bits per heavy atom. The predicted octanol–water partition coefficient (Wildman–Crippen LogP) is 2.95. The maximum atomic E-state index is 4.27. The molecule has 1 aromatic heterocycles. The number of pyridine rings is 1. The van der Waals surface area contributed by atoms with Gasteiger partial charge in [-0.15, -0.1) is 11.8 Å². The highest BCUT2D eigenvalue weighted by Crippen LogP contribution is 2.24. The van der Waals surface area contributed by atoms with Gasteiger partial charge in [0.05, 0.1) is 0 Å². The maximum Gasteiger partial charge on any atom is 0.0491 e. The molecule has 3 rings (SSSR count). The van der Waals surface area contributed by atoms with E-state index in [1.54, 1.807) is 11.8 Å². The smallest absolute Gasteiger partial charge is 0.0491 e. The second-order valence-electron chi connectivity index (χ2n) is 5.32. The fourth-order valence-electron chi connectivity index (χ4n) is 2.80. The zero-order valence-electron chi connectivity index (χ0n) is 12.3. The molecule has 1 fully saturated rings. The molecule has 0 aliphatic carbocycles. The zero-order chi connectivity index (χ0) is 14.5. The molecule has 2 heterocycles. The Morgan fingerprint density at radius 3 is 2.86 bits per heavy atom. The third-order valence-electron chi connectivity index (χ3n) is 3.97. The normalized spacial score (nSPS) is 19.6. The number of aromatic nitrogens is 1. The fraction of sp³-hybridized carbons (Fsp3) is 0.353. The van der Waals surface area contributed by atoms with Gasteiger partial charge in [-0.3, -0.25) is 9.88 Å². The third kappa shape index (κ3) is 3.64. The number of hydrogen-bond donors (Lipinski definition) is 1. The molecule has 2 aromatic rings. The van der Waals surface area contributed by atoms with Crippen molar-refractivity contribution in [3.05, 3.63) is 59.9 Å². The van der Waals surface area contributed by atoms with Crippen LogP contribution in [0.3, 0.4) is 0 Å². The van der Waals surface area contributed by atoms with E-state index in [0.717, 1.165) is 26.2 Å². The number of benzene rings is 1. The number of piperazine rings is 1. The van der Waals surface area contributed by atoms with Crippen molar-refractivity contribution in [1.82, 2.24) is 15.2 Å². The van der Waals surface area contributed by atoms with Crippen molar-refractivity contribution in [3.8, 4) is 0 Å². The van der Waals surface area contributed by atoms with Crippen LogP contribution in [-0.4, -0.2) is 35.8 Å². The van der Waals surface area contributed by atoms with E-state index >= 15 is 0 Å². The Labute approximate surface area is 130 Å². The molecule has 0 saturated carbocycles. The SMILES string of the molecule is CSc1ccc(CN2CCNCC2c2cccnc2)cc1. The van der Waals surface area contributed by atoms with Crippen molar-refractivity contribution in [2.24, 2.45) is 0 Å². The summed E-state index contributed by atoms with van der Waals surface area (Å²) in [5, 5.41) is 3.49. The Bertz CT molecular complexity index is 556. The Hall–Kier alpha value is -1.36. The predicted molar refractivity (Wildman–Crippen MR) is 88.5 cm³/mol. The van der Waals surface area contributed by atoms with Crippen molar-refractivity contribution in [1.29, 1.82) is 0 Å². The minimum atomic E-state index is 0.410. The molecule has 1 aliphatic rings. The van der Waals surface area contributed by atoms with E-state index in [2.05, 4.69) is 51.8 Å². The van der Waals surface area contributed by atoms with Gasteiger partial charge in [0.25, 0.3) is 0 Å². The van der Waals surface area contributed by atoms with Gasteiger partial charge in [-0.05, 0) is 35.6 Å². The second-order valence-corrected chi connectivity index (χ2v) is 6.20. The van der Waals surface area contributed by atoms with Crippen LogP contribution >= 0.6 is 11.8 Å². The average Bonchev–Trinajstić information content (AvgIpc) is 2.57. The topological polar surface area (TPSA) is 28.2 Å². The van der Waals surface area contributed by atoms with Crippen molar-refractivity contribution in [2.45, 2.75) is 17.5 Å². The van der Waals surface area contributed by atoms with Crippen LogP contribution in [0.5, 0.6) is 0 Å². The first-order valence-electron chi connectivity index (χ1n) is 7.34. The lowest BCUT2D eigenvalue weighted by molar-refractivity contribution is 0.153. The van der Waals surface area contributed by atoms with Gasteiger partial charge < -0.3 is 5.32 Å². The van der Waals surface area contributed by atoms with Crippen LogP contribution in [0.15, 0.2) is 53.7 Å². The van der Waals surface area contributed by atoms with Gasteiger partial charge in [-0.25, -0.2) is 0 Å². The lowest BCUT2D eigenvalue weighted by Gasteiger charge is -2.36. The first kappa shape index (κ1) is 14.6. The molecule has 1 aliphatic heterocycles. The molecular weight excluding hydrogens is 278 g/mol.